The predicted molar refractivity (Wildman–Crippen MR) is 90.3 cm³/mol. The van der Waals surface area contributed by atoms with Crippen LogP contribution in [0.15, 0.2) is 59.5 Å². The first-order chi connectivity index (χ1) is 11.5. The van der Waals surface area contributed by atoms with Gasteiger partial charge >= 0.3 is 0 Å². The van der Waals surface area contributed by atoms with Crippen molar-refractivity contribution in [3.05, 3.63) is 87.0 Å². The maximum atomic E-state index is 13.8. The van der Waals surface area contributed by atoms with Crippen molar-refractivity contribution >= 4 is 11.6 Å². The number of pyridine rings is 2. The minimum absolute atomic E-state index is 0.0160. The van der Waals surface area contributed by atoms with E-state index in [1.54, 1.807) is 55.6 Å². The van der Waals surface area contributed by atoms with Gasteiger partial charge in [0, 0.05) is 28.4 Å². The number of nitrogens with zero attached hydrogens (tertiary/aromatic N) is 2. The number of hydrogen-bond acceptors (Lipinski definition) is 3. The third-order valence-corrected chi connectivity index (χ3v) is 3.72. The van der Waals surface area contributed by atoms with Crippen LogP contribution in [-0.4, -0.2) is 9.55 Å². The van der Waals surface area contributed by atoms with Crippen molar-refractivity contribution < 1.29 is 9.13 Å². The molecule has 2 aromatic heterocycles. The molecule has 0 saturated heterocycles. The van der Waals surface area contributed by atoms with Crippen molar-refractivity contribution in [2.24, 2.45) is 0 Å². The normalized spacial score (nSPS) is 10.6. The quantitative estimate of drug-likeness (QED) is 0.720. The van der Waals surface area contributed by atoms with Gasteiger partial charge in [-0.2, -0.15) is 4.98 Å². The second kappa shape index (κ2) is 6.84. The number of halogens is 2. The standard InChI is InChI=1S/C18H14ClFN2O2/c1-12-4-3-9-22(18(12)23)16-5-2-6-17(21-16)24-11-13-7-8-14(19)10-15(13)20/h2-10H,11H2,1H3. The fraction of sp³-hybridized carbons (Fsp3) is 0.111. The molecule has 24 heavy (non-hydrogen) atoms. The molecule has 2 heterocycles. The lowest BCUT2D eigenvalue weighted by molar-refractivity contribution is 0.288. The van der Waals surface area contributed by atoms with Crippen molar-refractivity contribution in [3.63, 3.8) is 0 Å². The van der Waals surface area contributed by atoms with E-state index in [0.717, 1.165) is 0 Å². The lowest BCUT2D eigenvalue weighted by Gasteiger charge is -2.09. The predicted octanol–water partition coefficient (Wildman–Crippen LogP) is 3.91. The summed E-state index contributed by atoms with van der Waals surface area (Å²) in [6, 6.07) is 13.0. The fourth-order valence-corrected chi connectivity index (χ4v) is 2.35. The highest BCUT2D eigenvalue weighted by Crippen LogP contribution is 2.17. The molecule has 4 nitrogen and oxygen atoms in total. The first kappa shape index (κ1) is 16.2. The van der Waals surface area contributed by atoms with Crippen LogP contribution in [0.5, 0.6) is 5.88 Å². The largest absolute Gasteiger partial charge is 0.473 e. The molecule has 0 amide bonds. The maximum absolute atomic E-state index is 13.8. The summed E-state index contributed by atoms with van der Waals surface area (Å²) in [6.07, 6.45) is 1.64. The highest BCUT2D eigenvalue weighted by Gasteiger charge is 2.07. The SMILES string of the molecule is Cc1cccn(-c2cccc(OCc3ccc(Cl)cc3F)n2)c1=O. The molecular formula is C18H14ClFN2O2. The van der Waals surface area contributed by atoms with Crippen molar-refractivity contribution in [1.82, 2.24) is 9.55 Å². The molecule has 0 spiro atoms. The van der Waals surface area contributed by atoms with Crippen LogP contribution in [0.1, 0.15) is 11.1 Å². The molecule has 0 N–H and O–H groups in total. The Morgan fingerprint density at radius 2 is 2.04 bits per heavy atom. The number of rotatable bonds is 4. The Morgan fingerprint density at radius 3 is 2.83 bits per heavy atom. The summed E-state index contributed by atoms with van der Waals surface area (Å²) in [5.74, 6) is 0.307. The second-order valence-corrected chi connectivity index (χ2v) is 5.66. The first-order valence-electron chi connectivity index (χ1n) is 7.27. The zero-order chi connectivity index (χ0) is 17.1. The molecule has 0 atom stereocenters. The monoisotopic (exact) mass is 344 g/mol. The molecule has 0 bridgehead atoms. The lowest BCUT2D eigenvalue weighted by atomic mass is 10.2. The van der Waals surface area contributed by atoms with Gasteiger partial charge in [-0.15, -0.1) is 0 Å². The molecule has 6 heteroatoms. The summed E-state index contributed by atoms with van der Waals surface area (Å²) in [5.41, 5.74) is 0.846. The molecule has 0 aliphatic rings. The molecule has 0 unspecified atom stereocenters. The second-order valence-electron chi connectivity index (χ2n) is 5.22. The summed E-state index contributed by atoms with van der Waals surface area (Å²) in [7, 11) is 0. The van der Waals surface area contributed by atoms with E-state index in [1.807, 2.05) is 0 Å². The Kier molecular flexibility index (Phi) is 4.62. The molecule has 0 fully saturated rings. The molecule has 0 radical (unpaired) electrons. The van der Waals surface area contributed by atoms with Crippen LogP contribution in [0, 0.1) is 12.7 Å². The van der Waals surface area contributed by atoms with Gasteiger partial charge in [0.2, 0.25) is 5.88 Å². The Labute approximate surface area is 143 Å². The van der Waals surface area contributed by atoms with Crippen LogP contribution >= 0.6 is 11.6 Å². The molecule has 1 aromatic carbocycles. The number of ether oxygens (including phenoxy) is 1. The number of aromatic nitrogens is 2. The van der Waals surface area contributed by atoms with E-state index >= 15 is 0 Å². The number of hydrogen-bond donors (Lipinski definition) is 0. The summed E-state index contributed by atoms with van der Waals surface area (Å²) in [5, 5.41) is 0.329. The third-order valence-electron chi connectivity index (χ3n) is 3.48. The Hall–Kier alpha value is -2.66. The highest BCUT2D eigenvalue weighted by molar-refractivity contribution is 6.30. The number of aryl methyl sites for hydroxylation is 1. The molecule has 0 saturated carbocycles. The minimum atomic E-state index is -0.437. The summed E-state index contributed by atoms with van der Waals surface area (Å²) in [4.78, 5) is 16.5. The van der Waals surface area contributed by atoms with E-state index in [0.29, 0.717) is 27.8 Å². The Morgan fingerprint density at radius 1 is 1.21 bits per heavy atom. The Balaban J connectivity index is 1.83. The van der Waals surface area contributed by atoms with E-state index in [-0.39, 0.29) is 12.2 Å². The maximum Gasteiger partial charge on any atom is 0.259 e. The van der Waals surface area contributed by atoms with Gasteiger partial charge in [0.1, 0.15) is 18.2 Å². The zero-order valence-corrected chi connectivity index (χ0v) is 13.6. The van der Waals surface area contributed by atoms with E-state index in [9.17, 15) is 9.18 Å². The van der Waals surface area contributed by atoms with Gasteiger partial charge in [-0.1, -0.05) is 29.8 Å². The average Bonchev–Trinajstić information content (AvgIpc) is 2.57. The van der Waals surface area contributed by atoms with E-state index < -0.39 is 5.82 Å². The van der Waals surface area contributed by atoms with Gasteiger partial charge in [0.25, 0.3) is 5.56 Å². The van der Waals surface area contributed by atoms with Gasteiger partial charge < -0.3 is 4.74 Å². The van der Waals surface area contributed by atoms with Crippen LogP contribution in [0.3, 0.4) is 0 Å². The van der Waals surface area contributed by atoms with E-state index in [1.165, 1.54) is 10.6 Å². The van der Waals surface area contributed by atoms with Crippen molar-refractivity contribution in [2.75, 3.05) is 0 Å². The van der Waals surface area contributed by atoms with E-state index in [2.05, 4.69) is 4.98 Å². The zero-order valence-electron chi connectivity index (χ0n) is 12.9. The topological polar surface area (TPSA) is 44.1 Å². The van der Waals surface area contributed by atoms with Crippen molar-refractivity contribution in [1.29, 1.82) is 0 Å². The van der Waals surface area contributed by atoms with Crippen LogP contribution in [0.2, 0.25) is 5.02 Å². The summed E-state index contributed by atoms with van der Waals surface area (Å²) >= 11 is 5.72. The Bertz CT molecular complexity index is 940. The van der Waals surface area contributed by atoms with Gasteiger partial charge in [0.05, 0.1) is 0 Å². The molecule has 0 aliphatic carbocycles. The fourth-order valence-electron chi connectivity index (χ4n) is 2.19. The van der Waals surface area contributed by atoms with Crippen molar-refractivity contribution in [3.8, 4) is 11.7 Å². The van der Waals surface area contributed by atoms with Crippen molar-refractivity contribution in [2.45, 2.75) is 13.5 Å². The first-order valence-corrected chi connectivity index (χ1v) is 7.65. The average molecular weight is 345 g/mol. The van der Waals surface area contributed by atoms with Crippen LogP contribution < -0.4 is 10.3 Å². The van der Waals surface area contributed by atoms with E-state index in [4.69, 9.17) is 16.3 Å². The summed E-state index contributed by atoms with van der Waals surface area (Å²) < 4.78 is 20.7. The molecule has 3 aromatic rings. The highest BCUT2D eigenvalue weighted by atomic mass is 35.5. The number of benzene rings is 1. The smallest absolute Gasteiger partial charge is 0.259 e. The third kappa shape index (κ3) is 3.46. The van der Waals surface area contributed by atoms with Gasteiger partial charge in [-0.25, -0.2) is 4.39 Å². The van der Waals surface area contributed by atoms with Gasteiger partial charge in [-0.3, -0.25) is 9.36 Å². The summed E-state index contributed by atoms with van der Waals surface area (Å²) in [6.45, 7) is 1.75. The van der Waals surface area contributed by atoms with Gasteiger partial charge in [0.15, 0.2) is 0 Å². The van der Waals surface area contributed by atoms with Gasteiger partial charge in [-0.05, 0) is 31.2 Å². The molecule has 3 rings (SSSR count). The molecule has 0 aliphatic heterocycles. The molecule has 122 valence electrons. The minimum Gasteiger partial charge on any atom is -0.473 e. The molecular weight excluding hydrogens is 331 g/mol. The van der Waals surface area contributed by atoms with Crippen LogP contribution in [-0.2, 0) is 6.61 Å². The lowest BCUT2D eigenvalue weighted by Crippen LogP contribution is -2.20. The van der Waals surface area contributed by atoms with Crippen LogP contribution in [0.4, 0.5) is 4.39 Å². The van der Waals surface area contributed by atoms with Crippen LogP contribution in [0.25, 0.3) is 5.82 Å².